The maximum absolute atomic E-state index is 12.1. The highest BCUT2D eigenvalue weighted by Crippen LogP contribution is 2.33. The van der Waals surface area contributed by atoms with Crippen LogP contribution in [0.15, 0.2) is 70.3 Å². The van der Waals surface area contributed by atoms with Crippen molar-refractivity contribution in [2.75, 3.05) is 4.72 Å². The SMILES string of the molecule is CC(C)[S+]([O-])Nc1ccc(-c2cnc(OC(N)=O)c(-c3cc(-c4ccc(N=CC(=O)OC(C)(C)C)cc4)no3)n2)cc1. The lowest BCUT2D eigenvalue weighted by atomic mass is 10.1. The van der Waals surface area contributed by atoms with E-state index in [1.54, 1.807) is 75.4 Å². The fourth-order valence-electron chi connectivity index (χ4n) is 3.49. The molecule has 4 aromatic rings. The molecular formula is C29H30N6O6S. The number of nitrogens with one attached hydrogen (secondary N) is 1. The monoisotopic (exact) mass is 590 g/mol. The number of carbonyl (C=O) groups is 2. The Morgan fingerprint density at radius 2 is 1.71 bits per heavy atom. The molecule has 4 rings (SSSR count). The van der Waals surface area contributed by atoms with E-state index in [1.807, 2.05) is 13.8 Å². The molecule has 2 aromatic heterocycles. The number of anilines is 1. The van der Waals surface area contributed by atoms with Crippen molar-refractivity contribution in [3.8, 4) is 39.8 Å². The number of aliphatic imine (C=N–C) groups is 1. The van der Waals surface area contributed by atoms with Crippen LogP contribution in [0.25, 0.3) is 34.0 Å². The molecule has 12 nitrogen and oxygen atoms in total. The van der Waals surface area contributed by atoms with E-state index in [0.29, 0.717) is 33.9 Å². The van der Waals surface area contributed by atoms with Crippen LogP contribution in [0.4, 0.5) is 16.2 Å². The predicted octanol–water partition coefficient (Wildman–Crippen LogP) is 5.45. The number of amides is 1. The molecule has 0 spiro atoms. The number of hydrogen-bond acceptors (Lipinski definition) is 11. The van der Waals surface area contributed by atoms with Gasteiger partial charge in [0.25, 0.3) is 5.88 Å². The fraction of sp³-hybridized carbons (Fsp3) is 0.241. The standard InChI is InChI=1S/C29H30N6O6S/c1-17(2)42(38)35-21-12-8-19(9-13-21)23-15-32-27(39-28(30)37)26(33-23)24-14-22(34-41-24)18-6-10-20(11-7-18)31-16-25(36)40-29(3,4)5/h6-17,35H,1-5H3,(H2,30,37). The molecule has 1 amide bonds. The van der Waals surface area contributed by atoms with Crippen LogP contribution in [-0.2, 0) is 20.9 Å². The lowest BCUT2D eigenvalue weighted by Crippen LogP contribution is -2.24. The van der Waals surface area contributed by atoms with E-state index in [2.05, 4.69) is 24.8 Å². The zero-order chi connectivity index (χ0) is 30.4. The Hall–Kier alpha value is -4.75. The molecule has 0 bridgehead atoms. The first-order valence-corrected chi connectivity index (χ1v) is 14.1. The number of benzene rings is 2. The predicted molar refractivity (Wildman–Crippen MR) is 160 cm³/mol. The number of nitrogens with two attached hydrogens (primary N) is 1. The minimum absolute atomic E-state index is 0.0432. The van der Waals surface area contributed by atoms with Gasteiger partial charge in [0.2, 0.25) is 0 Å². The highest BCUT2D eigenvalue weighted by Gasteiger charge is 2.20. The second-order valence-corrected chi connectivity index (χ2v) is 12.0. The number of aromatic nitrogens is 3. The van der Waals surface area contributed by atoms with Crippen molar-refractivity contribution in [3.63, 3.8) is 0 Å². The zero-order valence-electron chi connectivity index (χ0n) is 23.7. The molecule has 3 N–H and O–H groups in total. The first kappa shape index (κ1) is 30.2. The van der Waals surface area contributed by atoms with Crippen molar-refractivity contribution < 1.29 is 28.1 Å². The first-order valence-electron chi connectivity index (χ1n) is 12.8. The molecule has 218 valence electrons. The molecule has 13 heteroatoms. The number of primary amides is 1. The van der Waals surface area contributed by atoms with Crippen LogP contribution in [0.2, 0.25) is 0 Å². The van der Waals surface area contributed by atoms with E-state index >= 15 is 0 Å². The Balaban J connectivity index is 1.57. The molecule has 0 saturated heterocycles. The molecule has 2 heterocycles. The summed E-state index contributed by atoms with van der Waals surface area (Å²) in [6.45, 7) is 9.05. The number of ether oxygens (including phenoxy) is 2. The van der Waals surface area contributed by atoms with Gasteiger partial charge in [-0.25, -0.2) is 29.3 Å². The molecular weight excluding hydrogens is 560 g/mol. The maximum Gasteiger partial charge on any atom is 0.411 e. The lowest BCUT2D eigenvalue weighted by molar-refractivity contribution is -0.145. The number of carbonyl (C=O) groups excluding carboxylic acids is 2. The summed E-state index contributed by atoms with van der Waals surface area (Å²) in [4.78, 5) is 36.4. The third kappa shape index (κ3) is 8.15. The Kier molecular flexibility index (Phi) is 9.23. The molecule has 0 aliphatic carbocycles. The van der Waals surface area contributed by atoms with Gasteiger partial charge in [-0.1, -0.05) is 29.4 Å². The van der Waals surface area contributed by atoms with Crippen molar-refractivity contribution >= 4 is 41.0 Å². The highest BCUT2D eigenvalue weighted by molar-refractivity contribution is 7.93. The summed E-state index contributed by atoms with van der Waals surface area (Å²) in [5, 5.41) is 4.08. The van der Waals surface area contributed by atoms with Crippen molar-refractivity contribution in [3.05, 3.63) is 60.8 Å². The number of esters is 1. The second kappa shape index (κ2) is 12.8. The van der Waals surface area contributed by atoms with Crippen LogP contribution < -0.4 is 15.2 Å². The van der Waals surface area contributed by atoms with Crippen molar-refractivity contribution in [2.24, 2.45) is 10.7 Å². The Labute approximate surface area is 245 Å². The number of nitrogens with zero attached hydrogens (tertiary/aromatic N) is 4. The quantitative estimate of drug-likeness (QED) is 0.145. The smallest absolute Gasteiger partial charge is 0.411 e. The van der Waals surface area contributed by atoms with Crippen molar-refractivity contribution in [1.29, 1.82) is 0 Å². The largest absolute Gasteiger partial charge is 0.593 e. The second-order valence-electron chi connectivity index (χ2n) is 10.3. The van der Waals surface area contributed by atoms with Gasteiger partial charge in [0.1, 0.15) is 22.8 Å². The van der Waals surface area contributed by atoms with E-state index in [9.17, 15) is 14.1 Å². The van der Waals surface area contributed by atoms with Crippen LogP contribution in [0.1, 0.15) is 34.6 Å². The molecule has 0 aliphatic heterocycles. The molecule has 2 aromatic carbocycles. The summed E-state index contributed by atoms with van der Waals surface area (Å²) in [5.74, 6) is -0.500. The van der Waals surface area contributed by atoms with Gasteiger partial charge in [0.05, 0.1) is 34.6 Å². The van der Waals surface area contributed by atoms with Gasteiger partial charge in [-0.2, -0.15) is 0 Å². The van der Waals surface area contributed by atoms with Gasteiger partial charge in [-0.15, -0.1) is 0 Å². The lowest BCUT2D eigenvalue weighted by Gasteiger charge is -2.17. The van der Waals surface area contributed by atoms with Gasteiger partial charge in [0.15, 0.2) is 11.5 Å². The average molecular weight is 591 g/mol. The summed E-state index contributed by atoms with van der Waals surface area (Å²) in [6, 6.07) is 15.7. The number of hydrogen-bond donors (Lipinski definition) is 2. The highest BCUT2D eigenvalue weighted by atomic mass is 32.2. The van der Waals surface area contributed by atoms with Gasteiger partial charge < -0.3 is 24.3 Å². The van der Waals surface area contributed by atoms with Gasteiger partial charge in [-0.05, 0) is 58.9 Å². The minimum Gasteiger partial charge on any atom is -0.593 e. The molecule has 1 unspecified atom stereocenters. The number of rotatable bonds is 9. The van der Waals surface area contributed by atoms with E-state index < -0.39 is 29.0 Å². The Morgan fingerprint density at radius 1 is 1.07 bits per heavy atom. The third-order valence-electron chi connectivity index (χ3n) is 5.40. The molecule has 0 fully saturated rings. The Morgan fingerprint density at radius 3 is 2.33 bits per heavy atom. The normalized spacial score (nSPS) is 12.4. The maximum atomic E-state index is 12.1. The zero-order valence-corrected chi connectivity index (χ0v) is 24.5. The Bertz CT molecular complexity index is 1580. The summed E-state index contributed by atoms with van der Waals surface area (Å²) < 4.78 is 30.9. The van der Waals surface area contributed by atoms with Gasteiger partial charge in [-0.3, -0.25) is 0 Å². The minimum atomic E-state index is -1.22. The topological polar surface area (TPSA) is 178 Å². The van der Waals surface area contributed by atoms with E-state index in [4.69, 9.17) is 19.7 Å². The van der Waals surface area contributed by atoms with Gasteiger partial charge in [0, 0.05) is 17.2 Å². The van der Waals surface area contributed by atoms with E-state index in [1.165, 1.54) is 6.20 Å². The molecule has 42 heavy (non-hydrogen) atoms. The van der Waals surface area contributed by atoms with Crippen LogP contribution >= 0.6 is 0 Å². The molecule has 0 saturated carbocycles. The summed E-state index contributed by atoms with van der Waals surface area (Å²) in [6.07, 6.45) is 1.50. The van der Waals surface area contributed by atoms with Crippen LogP contribution in [0, 0.1) is 0 Å². The first-order chi connectivity index (χ1) is 19.9. The van der Waals surface area contributed by atoms with E-state index in [-0.39, 0.29) is 22.6 Å². The molecule has 1 atom stereocenters. The van der Waals surface area contributed by atoms with E-state index in [0.717, 1.165) is 6.21 Å². The summed E-state index contributed by atoms with van der Waals surface area (Å²) in [5.41, 5.74) is 8.31. The molecule has 0 aliphatic rings. The summed E-state index contributed by atoms with van der Waals surface area (Å²) >= 11 is -1.22. The average Bonchev–Trinajstić information content (AvgIpc) is 3.42. The third-order valence-corrected chi connectivity index (χ3v) is 6.69. The summed E-state index contributed by atoms with van der Waals surface area (Å²) in [7, 11) is 0. The van der Waals surface area contributed by atoms with Gasteiger partial charge >= 0.3 is 12.1 Å². The van der Waals surface area contributed by atoms with Crippen molar-refractivity contribution in [1.82, 2.24) is 15.1 Å². The van der Waals surface area contributed by atoms with Crippen LogP contribution in [-0.4, -0.2) is 48.8 Å². The molecule has 0 radical (unpaired) electrons. The van der Waals surface area contributed by atoms with Crippen LogP contribution in [0.5, 0.6) is 5.88 Å². The van der Waals surface area contributed by atoms with Crippen molar-refractivity contribution in [2.45, 2.75) is 45.5 Å². The van der Waals surface area contributed by atoms with Crippen LogP contribution in [0.3, 0.4) is 0 Å². The fourth-order valence-corrected chi connectivity index (χ4v) is 4.09.